The molecule has 1 aliphatic carbocycles. The lowest BCUT2D eigenvalue weighted by Gasteiger charge is -2.39. The molecule has 1 aliphatic heterocycles. The molecule has 0 amide bonds. The van der Waals surface area contributed by atoms with Crippen molar-refractivity contribution in [3.05, 3.63) is 29.8 Å². The zero-order valence-corrected chi connectivity index (χ0v) is 18.3. The van der Waals surface area contributed by atoms with Crippen LogP contribution in [0.4, 0.5) is 18.9 Å². The Balaban J connectivity index is 1.42. The van der Waals surface area contributed by atoms with Gasteiger partial charge < -0.3 is 19.6 Å². The van der Waals surface area contributed by atoms with Crippen molar-refractivity contribution in [3.63, 3.8) is 0 Å². The van der Waals surface area contributed by atoms with Gasteiger partial charge in [-0.25, -0.2) is 0 Å². The maximum Gasteiger partial charge on any atom is 0.416 e. The number of hydrogen-bond acceptors (Lipinski definition) is 3. The third kappa shape index (κ3) is 6.59. The first-order chi connectivity index (χ1) is 14.0. The maximum atomic E-state index is 12.9. The molecule has 1 saturated heterocycles. The van der Waals surface area contributed by atoms with Crippen LogP contribution in [0.15, 0.2) is 24.3 Å². The number of benzene rings is 1. The number of ether oxygens (including phenoxy) is 1. The summed E-state index contributed by atoms with van der Waals surface area (Å²) in [5.41, 5.74) is 0.294. The van der Waals surface area contributed by atoms with Gasteiger partial charge in [-0.2, -0.15) is 13.2 Å². The van der Waals surface area contributed by atoms with Crippen molar-refractivity contribution in [3.8, 4) is 0 Å². The van der Waals surface area contributed by atoms with E-state index in [1.54, 1.807) is 6.07 Å². The Morgan fingerprint density at radius 3 is 2.57 bits per heavy atom. The fraction of sp³-hybridized carbons (Fsp3) is 0.739. The van der Waals surface area contributed by atoms with E-state index < -0.39 is 17.8 Å². The van der Waals surface area contributed by atoms with E-state index in [-0.39, 0.29) is 11.5 Å². The quantitative estimate of drug-likeness (QED) is 0.730. The van der Waals surface area contributed by atoms with Crippen LogP contribution in [0.1, 0.15) is 45.6 Å². The van der Waals surface area contributed by atoms with Crippen LogP contribution in [0.3, 0.4) is 0 Å². The van der Waals surface area contributed by atoms with Crippen molar-refractivity contribution in [2.24, 2.45) is 11.3 Å². The maximum absolute atomic E-state index is 12.9. The van der Waals surface area contributed by atoms with E-state index in [1.807, 2.05) is 4.90 Å². The van der Waals surface area contributed by atoms with E-state index in [0.717, 1.165) is 32.0 Å². The van der Waals surface area contributed by atoms with E-state index in [4.69, 9.17) is 4.74 Å². The molecule has 1 saturated carbocycles. The molecule has 30 heavy (non-hydrogen) atoms. The second-order valence-electron chi connectivity index (χ2n) is 10.0. The molecule has 1 heterocycles. The predicted molar refractivity (Wildman–Crippen MR) is 112 cm³/mol. The number of anilines is 1. The Morgan fingerprint density at radius 1 is 1.23 bits per heavy atom. The van der Waals surface area contributed by atoms with Crippen LogP contribution in [0.25, 0.3) is 0 Å². The Labute approximate surface area is 178 Å². The van der Waals surface area contributed by atoms with Crippen molar-refractivity contribution in [1.29, 1.82) is 0 Å². The summed E-state index contributed by atoms with van der Waals surface area (Å²) < 4.78 is 44.9. The molecule has 2 aliphatic rings. The van der Waals surface area contributed by atoms with Crippen LogP contribution in [0.5, 0.6) is 0 Å². The lowest BCUT2D eigenvalue weighted by molar-refractivity contribution is -0.903. The first kappa shape index (κ1) is 23.4. The second kappa shape index (κ2) is 9.45. The smallest absolute Gasteiger partial charge is 0.385 e. The number of piperazine rings is 1. The summed E-state index contributed by atoms with van der Waals surface area (Å²) in [5.74, 6) is 0.644. The number of aliphatic hydroxyl groups excluding tert-OH is 1. The minimum atomic E-state index is -4.32. The van der Waals surface area contributed by atoms with Gasteiger partial charge in [-0.15, -0.1) is 0 Å². The normalized spacial score (nSPS) is 26.6. The fourth-order valence-corrected chi connectivity index (χ4v) is 5.19. The van der Waals surface area contributed by atoms with E-state index in [0.29, 0.717) is 37.8 Å². The predicted octanol–water partition coefficient (Wildman–Crippen LogP) is 3.00. The molecule has 0 aromatic heterocycles. The highest BCUT2D eigenvalue weighted by Crippen LogP contribution is 2.39. The van der Waals surface area contributed by atoms with Crippen LogP contribution in [0.2, 0.25) is 0 Å². The number of alkyl halides is 3. The third-order valence-electron chi connectivity index (χ3n) is 6.40. The average Bonchev–Trinajstić information content (AvgIpc) is 2.65. The SMILES string of the molecule is C[C@H]1C[C@H](OC[C@H](O)C[NH+]2CCN(c3cccc(C(F)(F)F)c3)CC2)CC(C)(C)C1. The first-order valence-electron chi connectivity index (χ1n) is 11.1. The van der Waals surface area contributed by atoms with Crippen LogP contribution >= 0.6 is 0 Å². The molecule has 3 rings (SSSR count). The Morgan fingerprint density at radius 2 is 1.93 bits per heavy atom. The van der Waals surface area contributed by atoms with Gasteiger partial charge in [-0.05, 0) is 48.8 Å². The summed E-state index contributed by atoms with van der Waals surface area (Å²) in [4.78, 5) is 3.26. The lowest BCUT2D eigenvalue weighted by Crippen LogP contribution is -3.16. The van der Waals surface area contributed by atoms with E-state index in [9.17, 15) is 18.3 Å². The summed E-state index contributed by atoms with van der Waals surface area (Å²) in [6.45, 7) is 10.7. The minimum absolute atomic E-state index is 0.214. The largest absolute Gasteiger partial charge is 0.416 e. The average molecular weight is 430 g/mol. The second-order valence-corrected chi connectivity index (χ2v) is 10.0. The fourth-order valence-electron chi connectivity index (χ4n) is 5.19. The van der Waals surface area contributed by atoms with Gasteiger partial charge in [-0.3, -0.25) is 0 Å². The first-order valence-corrected chi connectivity index (χ1v) is 11.1. The number of aliphatic hydroxyl groups is 1. The standard InChI is InChI=1S/C23H35F3N2O2/c1-17-11-21(14-22(2,3)13-17)30-16-20(29)15-27-7-9-28(10-8-27)19-6-4-5-18(12-19)23(24,25)26/h4-6,12,17,20-21,29H,7-11,13-16H2,1-3H3/p+1/t17-,20+,21-/m0/s1. The molecule has 2 N–H and O–H groups in total. The number of nitrogens with one attached hydrogen (secondary N) is 1. The topological polar surface area (TPSA) is 37.1 Å². The number of rotatable bonds is 6. The molecule has 3 atom stereocenters. The molecule has 4 nitrogen and oxygen atoms in total. The highest BCUT2D eigenvalue weighted by Gasteiger charge is 2.33. The summed E-state index contributed by atoms with van der Waals surface area (Å²) in [6, 6.07) is 5.53. The zero-order chi connectivity index (χ0) is 21.9. The van der Waals surface area contributed by atoms with Gasteiger partial charge in [-0.1, -0.05) is 26.8 Å². The van der Waals surface area contributed by atoms with Gasteiger partial charge in [0.25, 0.3) is 0 Å². The van der Waals surface area contributed by atoms with Crippen LogP contribution in [0, 0.1) is 11.3 Å². The number of nitrogens with zero attached hydrogens (tertiary/aromatic N) is 1. The zero-order valence-electron chi connectivity index (χ0n) is 18.3. The molecular formula is C23H36F3N2O2+. The number of hydrogen-bond donors (Lipinski definition) is 2. The minimum Gasteiger partial charge on any atom is -0.385 e. The summed E-state index contributed by atoms with van der Waals surface area (Å²) >= 11 is 0. The van der Waals surface area contributed by atoms with Gasteiger partial charge in [0.1, 0.15) is 12.6 Å². The van der Waals surface area contributed by atoms with Gasteiger partial charge in [0.15, 0.2) is 0 Å². The molecular weight excluding hydrogens is 393 g/mol. The van der Waals surface area contributed by atoms with Crippen molar-refractivity contribution < 1.29 is 27.9 Å². The molecule has 170 valence electrons. The molecule has 0 spiro atoms. The summed E-state index contributed by atoms with van der Waals surface area (Å²) in [6.07, 6.45) is -1.31. The number of quaternary nitrogens is 1. The number of halogens is 3. The van der Waals surface area contributed by atoms with Crippen molar-refractivity contribution in [1.82, 2.24) is 0 Å². The van der Waals surface area contributed by atoms with Crippen molar-refractivity contribution >= 4 is 5.69 Å². The van der Waals surface area contributed by atoms with Crippen LogP contribution in [-0.2, 0) is 10.9 Å². The van der Waals surface area contributed by atoms with Crippen LogP contribution < -0.4 is 9.80 Å². The molecule has 0 unspecified atom stereocenters. The molecule has 1 aromatic carbocycles. The summed E-state index contributed by atoms with van der Waals surface area (Å²) in [5, 5.41) is 10.5. The molecule has 7 heteroatoms. The Bertz CT molecular complexity index is 687. The van der Waals surface area contributed by atoms with E-state index >= 15 is 0 Å². The van der Waals surface area contributed by atoms with Crippen molar-refractivity contribution in [2.75, 3.05) is 44.2 Å². The summed E-state index contributed by atoms with van der Waals surface area (Å²) in [7, 11) is 0. The lowest BCUT2D eigenvalue weighted by atomic mass is 9.71. The van der Waals surface area contributed by atoms with Gasteiger partial charge in [0.2, 0.25) is 0 Å². The van der Waals surface area contributed by atoms with Gasteiger partial charge in [0, 0.05) is 5.69 Å². The van der Waals surface area contributed by atoms with Crippen LogP contribution in [-0.4, -0.2) is 56.6 Å². The van der Waals surface area contributed by atoms with Gasteiger partial charge in [0.05, 0.1) is 44.5 Å². The molecule has 1 aromatic rings. The Hall–Kier alpha value is -1.31. The third-order valence-corrected chi connectivity index (χ3v) is 6.40. The molecule has 0 bridgehead atoms. The van der Waals surface area contributed by atoms with Crippen molar-refractivity contribution in [2.45, 2.75) is 58.4 Å². The molecule has 0 radical (unpaired) electrons. The van der Waals surface area contributed by atoms with E-state index in [1.165, 1.54) is 23.5 Å². The van der Waals surface area contributed by atoms with E-state index in [2.05, 4.69) is 20.8 Å². The Kier molecular flexibility index (Phi) is 7.36. The highest BCUT2D eigenvalue weighted by atomic mass is 19.4. The monoisotopic (exact) mass is 429 g/mol. The van der Waals surface area contributed by atoms with Gasteiger partial charge >= 0.3 is 6.18 Å². The highest BCUT2D eigenvalue weighted by molar-refractivity contribution is 5.49. The molecule has 2 fully saturated rings.